The van der Waals surface area contributed by atoms with Crippen LogP contribution in [0.2, 0.25) is 0 Å². The first-order chi connectivity index (χ1) is 13.2. The van der Waals surface area contributed by atoms with Crippen molar-refractivity contribution < 1.29 is 17.9 Å². The Morgan fingerprint density at radius 2 is 1.68 bits per heavy atom. The summed E-state index contributed by atoms with van der Waals surface area (Å²) in [6.45, 7) is 0. The van der Waals surface area contributed by atoms with Gasteiger partial charge in [-0.2, -0.15) is 9.52 Å². The van der Waals surface area contributed by atoms with Crippen molar-refractivity contribution in [2.75, 3.05) is 39.5 Å². The van der Waals surface area contributed by atoms with Crippen LogP contribution in [-0.2, 0) is 10.0 Å². The summed E-state index contributed by atoms with van der Waals surface area (Å²) in [7, 11) is 3.55. The predicted molar refractivity (Wildman–Crippen MR) is 111 cm³/mol. The second-order valence-corrected chi connectivity index (χ2v) is 8.70. The molecule has 0 unspecified atom stereocenters. The molecule has 0 saturated carbocycles. The minimum Gasteiger partial charge on any atom is -0.493 e. The molecule has 0 aliphatic carbocycles. The molecule has 1 aliphatic heterocycles. The summed E-state index contributed by atoms with van der Waals surface area (Å²) in [6, 6.07) is 12.9. The number of sulfonamides is 1. The van der Waals surface area contributed by atoms with Crippen LogP contribution in [0.5, 0.6) is 11.5 Å². The third-order valence-corrected chi connectivity index (χ3v) is 5.74. The zero-order chi connectivity index (χ0) is 20.5. The lowest BCUT2D eigenvalue weighted by Crippen LogP contribution is -2.26. The second kappa shape index (κ2) is 7.71. The van der Waals surface area contributed by atoms with Gasteiger partial charge in [-0.05, 0) is 35.9 Å². The van der Waals surface area contributed by atoms with Gasteiger partial charge in [-0.1, -0.05) is 12.1 Å². The van der Waals surface area contributed by atoms with E-state index in [1.807, 2.05) is 55.4 Å². The first kappa shape index (κ1) is 20.0. The monoisotopic (exact) mass is 403 g/mol. The Morgan fingerprint density at radius 1 is 1.04 bits per heavy atom. The van der Waals surface area contributed by atoms with E-state index in [9.17, 15) is 8.42 Å². The lowest BCUT2D eigenvalue weighted by Gasteiger charge is -2.22. The fourth-order valence-electron chi connectivity index (χ4n) is 3.23. The predicted octanol–water partition coefficient (Wildman–Crippen LogP) is 2.88. The fraction of sp³-hybridized carbons (Fsp3) is 0.350. The summed E-state index contributed by atoms with van der Waals surface area (Å²) in [4.78, 5) is 2.00. The maximum absolute atomic E-state index is 12.4. The zero-order valence-electron chi connectivity index (χ0n) is 16.7. The van der Waals surface area contributed by atoms with Gasteiger partial charge in [0.15, 0.2) is 11.5 Å². The molecule has 8 heteroatoms. The van der Waals surface area contributed by atoms with Crippen molar-refractivity contribution in [2.24, 2.45) is 5.10 Å². The second-order valence-electron chi connectivity index (χ2n) is 6.86. The van der Waals surface area contributed by atoms with Crippen LogP contribution in [-0.4, -0.2) is 53.1 Å². The molecular weight excluding hydrogens is 378 g/mol. The maximum atomic E-state index is 12.4. The molecule has 0 fully saturated rings. The molecule has 7 nitrogen and oxygen atoms in total. The summed E-state index contributed by atoms with van der Waals surface area (Å²) in [6.07, 6.45) is 1.65. The van der Waals surface area contributed by atoms with Crippen LogP contribution in [0.3, 0.4) is 0 Å². The van der Waals surface area contributed by atoms with Crippen LogP contribution < -0.4 is 14.4 Å². The van der Waals surface area contributed by atoms with Gasteiger partial charge in [0.05, 0.1) is 32.2 Å². The minimum atomic E-state index is -3.52. The van der Waals surface area contributed by atoms with E-state index in [0.717, 1.165) is 16.8 Å². The lowest BCUT2D eigenvalue weighted by molar-refractivity contribution is 0.355. The number of ether oxygens (including phenoxy) is 2. The van der Waals surface area contributed by atoms with Crippen molar-refractivity contribution in [3.05, 3.63) is 53.6 Å². The number of anilines is 1. The number of rotatable bonds is 6. The molecule has 0 bridgehead atoms. The molecule has 1 heterocycles. The lowest BCUT2D eigenvalue weighted by atomic mass is 9.98. The van der Waals surface area contributed by atoms with E-state index in [-0.39, 0.29) is 6.04 Å². The van der Waals surface area contributed by atoms with Crippen molar-refractivity contribution >= 4 is 21.4 Å². The number of hydrogen-bond donors (Lipinski definition) is 0. The molecule has 0 saturated heterocycles. The van der Waals surface area contributed by atoms with E-state index in [1.165, 1.54) is 10.7 Å². The van der Waals surface area contributed by atoms with Gasteiger partial charge in [0.1, 0.15) is 0 Å². The molecule has 0 spiro atoms. The Balaban J connectivity index is 1.97. The standard InChI is InChI=1S/C20H25N3O4S/c1-22(2)16-9-6-14(7-10-16)18-13-17(21-23(18)28(5,24)25)15-8-11-19(26-3)20(12-15)27-4/h6-12,18H,13H2,1-5H3/t18-/m1/s1. The van der Waals surface area contributed by atoms with Gasteiger partial charge in [0.25, 0.3) is 0 Å². The largest absolute Gasteiger partial charge is 0.493 e. The first-order valence-electron chi connectivity index (χ1n) is 8.81. The van der Waals surface area contributed by atoms with E-state index in [0.29, 0.717) is 23.6 Å². The highest BCUT2D eigenvalue weighted by atomic mass is 32.2. The number of hydrogen-bond acceptors (Lipinski definition) is 6. The van der Waals surface area contributed by atoms with Gasteiger partial charge >= 0.3 is 0 Å². The first-order valence-corrected chi connectivity index (χ1v) is 10.7. The van der Waals surface area contributed by atoms with E-state index in [1.54, 1.807) is 20.3 Å². The van der Waals surface area contributed by atoms with Crippen LogP contribution in [0.25, 0.3) is 0 Å². The van der Waals surface area contributed by atoms with Crippen molar-refractivity contribution in [3.63, 3.8) is 0 Å². The van der Waals surface area contributed by atoms with E-state index in [4.69, 9.17) is 9.47 Å². The third-order valence-electron chi connectivity index (χ3n) is 4.72. The van der Waals surface area contributed by atoms with Crippen LogP contribution in [0, 0.1) is 0 Å². The maximum Gasteiger partial charge on any atom is 0.247 e. The number of benzene rings is 2. The molecule has 1 aliphatic rings. The van der Waals surface area contributed by atoms with Gasteiger partial charge in [-0.25, -0.2) is 8.42 Å². The number of hydrazone groups is 1. The van der Waals surface area contributed by atoms with Gasteiger partial charge in [0, 0.05) is 31.8 Å². The molecule has 3 rings (SSSR count). The molecule has 150 valence electrons. The van der Waals surface area contributed by atoms with Crippen molar-refractivity contribution in [1.29, 1.82) is 0 Å². The van der Waals surface area contributed by atoms with Crippen LogP contribution in [0.15, 0.2) is 47.6 Å². The number of nitrogens with zero attached hydrogens (tertiary/aromatic N) is 3. The summed E-state index contributed by atoms with van der Waals surface area (Å²) < 4.78 is 36.6. The zero-order valence-corrected chi connectivity index (χ0v) is 17.5. The Bertz CT molecular complexity index is 985. The molecule has 0 N–H and O–H groups in total. The quantitative estimate of drug-likeness (QED) is 0.742. The van der Waals surface area contributed by atoms with Crippen molar-refractivity contribution in [3.8, 4) is 11.5 Å². The molecular formula is C20H25N3O4S. The summed E-state index contributed by atoms with van der Waals surface area (Å²) >= 11 is 0. The van der Waals surface area contributed by atoms with Crippen LogP contribution >= 0.6 is 0 Å². The van der Waals surface area contributed by atoms with Crippen LogP contribution in [0.4, 0.5) is 5.69 Å². The van der Waals surface area contributed by atoms with Crippen molar-refractivity contribution in [2.45, 2.75) is 12.5 Å². The topological polar surface area (TPSA) is 71.4 Å². The van der Waals surface area contributed by atoms with E-state index >= 15 is 0 Å². The molecule has 28 heavy (non-hydrogen) atoms. The Morgan fingerprint density at radius 3 is 2.21 bits per heavy atom. The Labute approximate surface area is 166 Å². The van der Waals surface area contributed by atoms with Gasteiger partial charge in [-0.3, -0.25) is 0 Å². The third kappa shape index (κ3) is 3.91. The summed E-state index contributed by atoms with van der Waals surface area (Å²) in [5.41, 5.74) is 3.44. The smallest absolute Gasteiger partial charge is 0.247 e. The summed E-state index contributed by atoms with van der Waals surface area (Å²) in [5.74, 6) is 1.19. The van der Waals surface area contributed by atoms with E-state index < -0.39 is 10.0 Å². The van der Waals surface area contributed by atoms with Gasteiger partial charge in [0.2, 0.25) is 10.0 Å². The SMILES string of the molecule is COc1ccc(C2=NN(S(C)(=O)=O)[C@@H](c3ccc(N(C)C)cc3)C2)cc1OC. The highest BCUT2D eigenvalue weighted by Gasteiger charge is 2.34. The van der Waals surface area contributed by atoms with E-state index in [2.05, 4.69) is 5.10 Å². The Hall–Kier alpha value is -2.74. The Kier molecular flexibility index (Phi) is 5.51. The number of methoxy groups -OCH3 is 2. The van der Waals surface area contributed by atoms with Gasteiger partial charge < -0.3 is 14.4 Å². The fourth-order valence-corrected chi connectivity index (χ4v) is 4.13. The highest BCUT2D eigenvalue weighted by Crippen LogP contribution is 2.37. The minimum absolute atomic E-state index is 0.380. The molecule has 1 atom stereocenters. The molecule has 2 aromatic rings. The normalized spacial score (nSPS) is 16.7. The highest BCUT2D eigenvalue weighted by molar-refractivity contribution is 7.88. The average molecular weight is 404 g/mol. The molecule has 0 aromatic heterocycles. The molecule has 0 radical (unpaired) electrons. The average Bonchev–Trinajstić information content (AvgIpc) is 3.13. The molecule has 0 amide bonds. The van der Waals surface area contributed by atoms with Gasteiger partial charge in [-0.15, -0.1) is 0 Å². The summed E-state index contributed by atoms with van der Waals surface area (Å²) in [5, 5.41) is 4.43. The van der Waals surface area contributed by atoms with Crippen molar-refractivity contribution in [1.82, 2.24) is 4.41 Å². The molecule has 2 aromatic carbocycles. The van der Waals surface area contributed by atoms with Crippen LogP contribution in [0.1, 0.15) is 23.6 Å².